The molecule has 34 heavy (non-hydrogen) atoms. The summed E-state index contributed by atoms with van der Waals surface area (Å²) in [5.74, 6) is -0.978. The molecule has 4 rings (SSSR count). The highest BCUT2D eigenvalue weighted by Crippen LogP contribution is 2.30. The van der Waals surface area contributed by atoms with Gasteiger partial charge in [0, 0.05) is 5.02 Å². The zero-order valence-corrected chi connectivity index (χ0v) is 21.0. The van der Waals surface area contributed by atoms with E-state index < -0.39 is 17.8 Å². The number of carbonyl (C=O) groups is 3. The van der Waals surface area contributed by atoms with Crippen LogP contribution in [0.3, 0.4) is 0 Å². The van der Waals surface area contributed by atoms with Crippen molar-refractivity contribution in [2.75, 3.05) is 4.90 Å². The zero-order valence-electron chi connectivity index (χ0n) is 17.2. The summed E-state index contributed by atoms with van der Waals surface area (Å²) in [5.41, 5.74) is 1.49. The SMILES string of the molecule is O=C1NC(=O)N(c2ccc(Cl)cc2)C(=O)/C1=C/c1ccc(OCc2ccc(Cl)c(Cl)c2)c(Br)c1. The molecule has 1 aliphatic rings. The number of nitrogens with zero attached hydrogens (tertiary/aromatic N) is 1. The van der Waals surface area contributed by atoms with Crippen LogP contribution in [0.1, 0.15) is 11.1 Å². The molecule has 172 valence electrons. The van der Waals surface area contributed by atoms with Gasteiger partial charge in [0.25, 0.3) is 11.8 Å². The first kappa shape index (κ1) is 24.3. The Kier molecular flexibility index (Phi) is 7.28. The minimum Gasteiger partial charge on any atom is -0.488 e. The summed E-state index contributed by atoms with van der Waals surface area (Å²) in [6.45, 7) is 0.259. The minimum atomic E-state index is -0.832. The molecule has 0 spiro atoms. The van der Waals surface area contributed by atoms with Crippen LogP contribution in [0.2, 0.25) is 15.1 Å². The Balaban J connectivity index is 1.55. The van der Waals surface area contributed by atoms with Gasteiger partial charge in [0.2, 0.25) is 0 Å². The van der Waals surface area contributed by atoms with Crippen LogP contribution in [-0.2, 0) is 16.2 Å². The number of carbonyl (C=O) groups excluding carboxylic acids is 3. The van der Waals surface area contributed by atoms with Gasteiger partial charge in [-0.25, -0.2) is 9.69 Å². The van der Waals surface area contributed by atoms with E-state index in [0.717, 1.165) is 10.5 Å². The van der Waals surface area contributed by atoms with Gasteiger partial charge in [0.1, 0.15) is 17.9 Å². The second-order valence-corrected chi connectivity index (χ2v) is 9.27. The van der Waals surface area contributed by atoms with E-state index in [2.05, 4.69) is 21.2 Å². The molecule has 0 aliphatic carbocycles. The number of barbiturate groups is 1. The Hall–Kier alpha value is -2.84. The number of nitrogens with one attached hydrogen (secondary N) is 1. The molecule has 0 radical (unpaired) electrons. The summed E-state index contributed by atoms with van der Waals surface area (Å²) in [6.07, 6.45) is 1.40. The first-order chi connectivity index (χ1) is 16.2. The van der Waals surface area contributed by atoms with Crippen molar-refractivity contribution in [2.45, 2.75) is 6.61 Å². The molecule has 3 aromatic rings. The number of hydrogen-bond donors (Lipinski definition) is 1. The first-order valence-electron chi connectivity index (χ1n) is 9.76. The maximum atomic E-state index is 13.0. The number of rotatable bonds is 5. The number of hydrogen-bond acceptors (Lipinski definition) is 4. The van der Waals surface area contributed by atoms with Gasteiger partial charge in [-0.05, 0) is 81.7 Å². The number of anilines is 1. The lowest BCUT2D eigenvalue weighted by Crippen LogP contribution is -2.54. The number of benzene rings is 3. The average molecular weight is 581 g/mol. The van der Waals surface area contributed by atoms with Crippen molar-refractivity contribution in [1.29, 1.82) is 0 Å². The molecule has 10 heteroatoms. The molecule has 6 nitrogen and oxygen atoms in total. The van der Waals surface area contributed by atoms with Crippen LogP contribution in [0.15, 0.2) is 70.7 Å². The van der Waals surface area contributed by atoms with Crippen molar-refractivity contribution < 1.29 is 19.1 Å². The Morgan fingerprint density at radius 1 is 0.912 bits per heavy atom. The molecule has 0 atom stereocenters. The van der Waals surface area contributed by atoms with Crippen molar-refractivity contribution in [1.82, 2.24) is 5.32 Å². The summed E-state index contributed by atoms with van der Waals surface area (Å²) >= 11 is 21.3. The molecule has 1 saturated heterocycles. The molecule has 4 amide bonds. The van der Waals surface area contributed by atoms with Crippen LogP contribution < -0.4 is 15.0 Å². The fourth-order valence-electron chi connectivity index (χ4n) is 3.16. The third-order valence-corrected chi connectivity index (χ3v) is 6.44. The summed E-state index contributed by atoms with van der Waals surface area (Å²) in [6, 6.07) is 15.6. The highest BCUT2D eigenvalue weighted by atomic mass is 79.9. The molecular formula is C24H14BrCl3N2O4. The van der Waals surface area contributed by atoms with Crippen LogP contribution >= 0.6 is 50.7 Å². The largest absolute Gasteiger partial charge is 0.488 e. The van der Waals surface area contributed by atoms with Crippen molar-refractivity contribution in [3.8, 4) is 5.75 Å². The van der Waals surface area contributed by atoms with Crippen molar-refractivity contribution in [2.24, 2.45) is 0 Å². The topological polar surface area (TPSA) is 75.7 Å². The van der Waals surface area contributed by atoms with Crippen molar-refractivity contribution >= 4 is 80.3 Å². The van der Waals surface area contributed by atoms with E-state index in [1.54, 1.807) is 42.5 Å². The second kappa shape index (κ2) is 10.2. The molecule has 1 N–H and O–H groups in total. The van der Waals surface area contributed by atoms with Crippen LogP contribution in [0, 0.1) is 0 Å². The fraction of sp³-hybridized carbons (Fsp3) is 0.0417. The third-order valence-electron chi connectivity index (χ3n) is 4.83. The summed E-state index contributed by atoms with van der Waals surface area (Å²) in [5, 5.41) is 3.53. The van der Waals surface area contributed by atoms with Gasteiger partial charge in [-0.1, -0.05) is 46.9 Å². The van der Waals surface area contributed by atoms with Crippen molar-refractivity contribution in [3.63, 3.8) is 0 Å². The lowest BCUT2D eigenvalue weighted by molar-refractivity contribution is -0.122. The van der Waals surface area contributed by atoms with Gasteiger partial charge in [-0.3, -0.25) is 14.9 Å². The predicted octanol–water partition coefficient (Wildman–Crippen LogP) is 6.65. The monoisotopic (exact) mass is 578 g/mol. The fourth-order valence-corrected chi connectivity index (χ4v) is 4.12. The zero-order chi connectivity index (χ0) is 24.4. The van der Waals surface area contributed by atoms with Gasteiger partial charge in [-0.15, -0.1) is 0 Å². The normalized spacial score (nSPS) is 15.0. The molecule has 0 aromatic heterocycles. The molecule has 1 aliphatic heterocycles. The van der Waals surface area contributed by atoms with E-state index in [-0.39, 0.29) is 17.9 Å². The third kappa shape index (κ3) is 5.28. The molecular weight excluding hydrogens is 567 g/mol. The van der Waals surface area contributed by atoms with Crippen LogP contribution in [0.25, 0.3) is 6.08 Å². The number of halogens is 4. The number of amides is 4. The summed E-state index contributed by atoms with van der Waals surface area (Å²) in [7, 11) is 0. The summed E-state index contributed by atoms with van der Waals surface area (Å²) < 4.78 is 6.43. The molecule has 1 heterocycles. The maximum absolute atomic E-state index is 13.0. The van der Waals surface area contributed by atoms with Gasteiger partial charge in [-0.2, -0.15) is 0 Å². The highest BCUT2D eigenvalue weighted by Gasteiger charge is 2.36. The lowest BCUT2D eigenvalue weighted by atomic mass is 10.1. The Morgan fingerprint density at radius 2 is 1.65 bits per heavy atom. The smallest absolute Gasteiger partial charge is 0.335 e. The van der Waals surface area contributed by atoms with Crippen LogP contribution in [0.5, 0.6) is 5.75 Å². The standard InChI is InChI=1S/C24H14BrCl3N2O4/c25-18-10-13(2-8-21(18)34-12-14-1-7-19(27)20(28)11-14)9-17-22(31)29-24(33)30(23(17)32)16-5-3-15(26)4-6-16/h1-11H,12H2,(H,29,31,33)/b17-9+. The Bertz CT molecular complexity index is 1340. The van der Waals surface area contributed by atoms with Crippen LogP contribution in [0.4, 0.5) is 10.5 Å². The van der Waals surface area contributed by atoms with E-state index in [4.69, 9.17) is 39.5 Å². The first-order valence-corrected chi connectivity index (χ1v) is 11.7. The summed E-state index contributed by atoms with van der Waals surface area (Å²) in [4.78, 5) is 38.6. The molecule has 1 fully saturated rings. The van der Waals surface area contributed by atoms with Gasteiger partial charge < -0.3 is 4.74 Å². The molecule has 0 saturated carbocycles. The van der Waals surface area contributed by atoms with Gasteiger partial charge in [0.05, 0.1) is 20.2 Å². The average Bonchev–Trinajstić information content (AvgIpc) is 2.79. The maximum Gasteiger partial charge on any atom is 0.335 e. The minimum absolute atomic E-state index is 0.189. The molecule has 0 bridgehead atoms. The van der Waals surface area contributed by atoms with E-state index in [1.807, 2.05) is 6.07 Å². The Labute approximate surface area is 218 Å². The van der Waals surface area contributed by atoms with Crippen LogP contribution in [-0.4, -0.2) is 17.8 Å². The highest BCUT2D eigenvalue weighted by molar-refractivity contribution is 9.10. The quantitative estimate of drug-likeness (QED) is 0.271. The Morgan fingerprint density at radius 3 is 2.32 bits per heavy atom. The predicted molar refractivity (Wildman–Crippen MR) is 135 cm³/mol. The lowest BCUT2D eigenvalue weighted by Gasteiger charge is -2.26. The van der Waals surface area contributed by atoms with Gasteiger partial charge >= 0.3 is 6.03 Å². The van der Waals surface area contributed by atoms with E-state index in [0.29, 0.717) is 30.9 Å². The van der Waals surface area contributed by atoms with E-state index >= 15 is 0 Å². The van der Waals surface area contributed by atoms with E-state index in [1.165, 1.54) is 18.2 Å². The number of imide groups is 2. The van der Waals surface area contributed by atoms with Crippen molar-refractivity contribution in [3.05, 3.63) is 96.9 Å². The van der Waals surface area contributed by atoms with Gasteiger partial charge in [0.15, 0.2) is 0 Å². The van der Waals surface area contributed by atoms with E-state index in [9.17, 15) is 14.4 Å². The second-order valence-electron chi connectivity index (χ2n) is 7.16. The molecule has 0 unspecified atom stereocenters. The molecule has 3 aromatic carbocycles. The number of urea groups is 1. The number of ether oxygens (including phenoxy) is 1.